The lowest BCUT2D eigenvalue weighted by molar-refractivity contribution is 0.306. The molecule has 0 bridgehead atoms. The maximum absolute atomic E-state index is 12.9. The van der Waals surface area contributed by atoms with E-state index in [9.17, 15) is 4.39 Å². The molecule has 2 aromatic rings. The highest BCUT2D eigenvalue weighted by atomic mass is 35.5. The zero-order valence-electron chi connectivity index (χ0n) is 10.9. The quantitative estimate of drug-likeness (QED) is 0.885. The normalized spacial score (nSPS) is 12.2. The molecule has 0 fully saturated rings. The summed E-state index contributed by atoms with van der Waals surface area (Å²) in [5, 5.41) is 0.811. The molecule has 106 valence electrons. The summed E-state index contributed by atoms with van der Waals surface area (Å²) in [6, 6.07) is 9.48. The summed E-state index contributed by atoms with van der Waals surface area (Å²) in [5.74, 6) is 0.162. The van der Waals surface area contributed by atoms with E-state index in [2.05, 4.69) is 0 Å². The lowest BCUT2D eigenvalue weighted by Gasteiger charge is -2.12. The lowest BCUT2D eigenvalue weighted by Crippen LogP contribution is -2.05. The lowest BCUT2D eigenvalue weighted by atomic mass is 10.1. The molecule has 0 heterocycles. The van der Waals surface area contributed by atoms with Crippen LogP contribution in [0.15, 0.2) is 36.4 Å². The molecule has 2 N–H and O–H groups in total. The maximum atomic E-state index is 12.9. The first-order valence-corrected chi connectivity index (χ1v) is 6.84. The molecule has 0 aromatic heterocycles. The van der Waals surface area contributed by atoms with Crippen LogP contribution in [-0.2, 0) is 6.61 Å². The Balaban J connectivity index is 2.11. The van der Waals surface area contributed by atoms with Crippen molar-refractivity contribution in [3.8, 4) is 5.75 Å². The number of ether oxygens (including phenoxy) is 1. The minimum absolute atomic E-state index is 0.0897. The van der Waals surface area contributed by atoms with Gasteiger partial charge in [0.25, 0.3) is 0 Å². The molecule has 20 heavy (non-hydrogen) atoms. The number of nitrogens with two attached hydrogens (primary N) is 1. The van der Waals surface area contributed by atoms with E-state index in [1.807, 2.05) is 13.0 Å². The van der Waals surface area contributed by atoms with Crippen molar-refractivity contribution in [1.82, 2.24) is 0 Å². The van der Waals surface area contributed by atoms with Crippen LogP contribution in [0.25, 0.3) is 0 Å². The van der Waals surface area contributed by atoms with Gasteiger partial charge in [-0.15, -0.1) is 0 Å². The molecule has 0 spiro atoms. The van der Waals surface area contributed by atoms with Gasteiger partial charge in [0, 0.05) is 11.6 Å². The summed E-state index contributed by atoms with van der Waals surface area (Å²) >= 11 is 12.1. The van der Waals surface area contributed by atoms with Crippen molar-refractivity contribution in [3.63, 3.8) is 0 Å². The fourth-order valence-electron chi connectivity index (χ4n) is 1.71. The molecular formula is C15H14Cl2FNO. The molecule has 0 aliphatic carbocycles. The Bertz CT molecular complexity index is 617. The van der Waals surface area contributed by atoms with Crippen LogP contribution in [0.2, 0.25) is 10.0 Å². The highest BCUT2D eigenvalue weighted by Crippen LogP contribution is 2.29. The molecule has 0 saturated carbocycles. The van der Waals surface area contributed by atoms with Crippen molar-refractivity contribution in [1.29, 1.82) is 0 Å². The fourth-order valence-corrected chi connectivity index (χ4v) is 2.18. The van der Waals surface area contributed by atoms with Gasteiger partial charge in [0.1, 0.15) is 18.2 Å². The third kappa shape index (κ3) is 3.63. The summed E-state index contributed by atoms with van der Waals surface area (Å²) < 4.78 is 18.5. The second-order valence-corrected chi connectivity index (χ2v) is 5.32. The SMILES string of the molecule is C[C@H](N)c1ccc(OCc2ccc(F)cc2Cl)c(Cl)c1. The van der Waals surface area contributed by atoms with Gasteiger partial charge < -0.3 is 10.5 Å². The van der Waals surface area contributed by atoms with E-state index in [-0.39, 0.29) is 18.5 Å². The van der Waals surface area contributed by atoms with Gasteiger partial charge in [-0.2, -0.15) is 0 Å². The highest BCUT2D eigenvalue weighted by molar-refractivity contribution is 6.32. The van der Waals surface area contributed by atoms with Crippen molar-refractivity contribution in [3.05, 3.63) is 63.4 Å². The third-order valence-electron chi connectivity index (χ3n) is 2.88. The first kappa shape index (κ1) is 15.1. The van der Waals surface area contributed by atoms with Crippen LogP contribution in [0.4, 0.5) is 4.39 Å². The standard InChI is InChI=1S/C15H14Cl2FNO/c1-9(19)10-3-5-15(14(17)6-10)20-8-11-2-4-12(18)7-13(11)16/h2-7,9H,8,19H2,1H3/t9-/m0/s1. The van der Waals surface area contributed by atoms with E-state index >= 15 is 0 Å². The van der Waals surface area contributed by atoms with E-state index in [0.29, 0.717) is 21.4 Å². The predicted molar refractivity (Wildman–Crippen MR) is 79.8 cm³/mol. The molecule has 0 saturated heterocycles. The van der Waals surface area contributed by atoms with Crippen LogP contribution in [0.3, 0.4) is 0 Å². The van der Waals surface area contributed by atoms with Crippen LogP contribution >= 0.6 is 23.2 Å². The first-order chi connectivity index (χ1) is 9.47. The van der Waals surface area contributed by atoms with E-state index in [1.54, 1.807) is 18.2 Å². The van der Waals surface area contributed by atoms with Gasteiger partial charge >= 0.3 is 0 Å². The average Bonchev–Trinajstić information content (AvgIpc) is 2.38. The molecule has 0 amide bonds. The second kappa shape index (κ2) is 6.44. The summed E-state index contributed by atoms with van der Waals surface area (Å²) in [4.78, 5) is 0. The summed E-state index contributed by atoms with van der Waals surface area (Å²) in [7, 11) is 0. The predicted octanol–water partition coefficient (Wildman–Crippen LogP) is 4.73. The molecule has 2 rings (SSSR count). The number of halogens is 3. The molecule has 1 atom stereocenters. The third-order valence-corrected chi connectivity index (χ3v) is 3.53. The average molecular weight is 314 g/mol. The Morgan fingerprint density at radius 1 is 1.15 bits per heavy atom. The Hall–Kier alpha value is -1.29. The van der Waals surface area contributed by atoms with Gasteiger partial charge in [-0.05, 0) is 36.8 Å². The first-order valence-electron chi connectivity index (χ1n) is 6.09. The largest absolute Gasteiger partial charge is 0.487 e. The minimum Gasteiger partial charge on any atom is -0.487 e. The Kier molecular flexibility index (Phi) is 4.86. The topological polar surface area (TPSA) is 35.2 Å². The Labute approximate surface area is 127 Å². The van der Waals surface area contributed by atoms with Crippen LogP contribution in [0.5, 0.6) is 5.75 Å². The van der Waals surface area contributed by atoms with E-state index < -0.39 is 0 Å². The van der Waals surface area contributed by atoms with Gasteiger partial charge in [0.2, 0.25) is 0 Å². The molecule has 0 aliphatic heterocycles. The van der Waals surface area contributed by atoms with Crippen molar-refractivity contribution in [2.75, 3.05) is 0 Å². The van der Waals surface area contributed by atoms with Gasteiger partial charge in [0.05, 0.1) is 10.0 Å². The molecule has 5 heteroatoms. The summed E-state index contributed by atoms with van der Waals surface area (Å²) in [6.07, 6.45) is 0. The number of hydrogen-bond acceptors (Lipinski definition) is 2. The Morgan fingerprint density at radius 3 is 2.50 bits per heavy atom. The van der Waals surface area contributed by atoms with Crippen LogP contribution in [-0.4, -0.2) is 0 Å². The van der Waals surface area contributed by atoms with Gasteiger partial charge in [-0.25, -0.2) is 4.39 Å². The number of benzene rings is 2. The van der Waals surface area contributed by atoms with E-state index in [0.717, 1.165) is 5.56 Å². The molecule has 0 unspecified atom stereocenters. The highest BCUT2D eigenvalue weighted by Gasteiger charge is 2.08. The summed E-state index contributed by atoms with van der Waals surface area (Å²) in [6.45, 7) is 2.10. The molecule has 2 aromatic carbocycles. The Morgan fingerprint density at radius 2 is 1.90 bits per heavy atom. The second-order valence-electron chi connectivity index (χ2n) is 4.50. The molecular weight excluding hydrogens is 300 g/mol. The molecule has 2 nitrogen and oxygen atoms in total. The number of rotatable bonds is 4. The summed E-state index contributed by atoms with van der Waals surface area (Å²) in [5.41, 5.74) is 7.41. The van der Waals surface area contributed by atoms with Gasteiger partial charge in [0.15, 0.2) is 0 Å². The zero-order valence-corrected chi connectivity index (χ0v) is 12.4. The van der Waals surface area contributed by atoms with E-state index in [1.165, 1.54) is 12.1 Å². The van der Waals surface area contributed by atoms with Crippen molar-refractivity contribution in [2.24, 2.45) is 5.73 Å². The number of hydrogen-bond donors (Lipinski definition) is 1. The minimum atomic E-state index is -0.377. The smallest absolute Gasteiger partial charge is 0.138 e. The fraction of sp³-hybridized carbons (Fsp3) is 0.200. The van der Waals surface area contributed by atoms with Gasteiger partial charge in [-0.1, -0.05) is 35.3 Å². The zero-order chi connectivity index (χ0) is 14.7. The van der Waals surface area contributed by atoms with E-state index in [4.69, 9.17) is 33.7 Å². The van der Waals surface area contributed by atoms with Crippen molar-refractivity contribution >= 4 is 23.2 Å². The van der Waals surface area contributed by atoms with Crippen molar-refractivity contribution in [2.45, 2.75) is 19.6 Å². The van der Waals surface area contributed by atoms with Crippen LogP contribution in [0, 0.1) is 5.82 Å². The van der Waals surface area contributed by atoms with Crippen LogP contribution in [0.1, 0.15) is 24.1 Å². The maximum Gasteiger partial charge on any atom is 0.138 e. The van der Waals surface area contributed by atoms with Crippen molar-refractivity contribution < 1.29 is 9.13 Å². The molecule has 0 aliphatic rings. The monoisotopic (exact) mass is 313 g/mol. The van der Waals surface area contributed by atoms with Gasteiger partial charge in [-0.3, -0.25) is 0 Å². The molecule has 0 radical (unpaired) electrons. The van der Waals surface area contributed by atoms with Crippen LogP contribution < -0.4 is 10.5 Å².